The summed E-state index contributed by atoms with van der Waals surface area (Å²) in [7, 11) is 0. The van der Waals surface area contributed by atoms with Crippen LogP contribution in [0.25, 0.3) is 11.4 Å². The van der Waals surface area contributed by atoms with Crippen LogP contribution in [-0.2, 0) is 11.2 Å². The van der Waals surface area contributed by atoms with Gasteiger partial charge in [0.25, 0.3) is 0 Å². The zero-order valence-electron chi connectivity index (χ0n) is 16.7. The summed E-state index contributed by atoms with van der Waals surface area (Å²) in [5.41, 5.74) is 3.47. The third-order valence-corrected chi connectivity index (χ3v) is 5.32. The zero-order valence-corrected chi connectivity index (χ0v) is 16.7. The number of nitrogens with zero attached hydrogens (tertiary/aromatic N) is 5. The summed E-state index contributed by atoms with van der Waals surface area (Å²) < 4.78 is 0. The normalized spacial score (nSPS) is 16.9. The second-order valence-corrected chi connectivity index (χ2v) is 7.88. The number of H-pyrrole nitrogens is 1. The number of aromatic amines is 1. The van der Waals surface area contributed by atoms with Gasteiger partial charge in [-0.1, -0.05) is 0 Å². The van der Waals surface area contributed by atoms with Crippen molar-refractivity contribution in [2.75, 3.05) is 13.1 Å². The molecule has 0 radical (unpaired) electrons. The maximum Gasteiger partial charge on any atom is 0.237 e. The molecule has 0 aromatic carbocycles. The fourth-order valence-corrected chi connectivity index (χ4v) is 3.53. The molecule has 1 aliphatic rings. The summed E-state index contributed by atoms with van der Waals surface area (Å²) in [5, 5.41) is 20.0. The molecule has 2 N–H and O–H groups in total. The van der Waals surface area contributed by atoms with E-state index in [1.807, 2.05) is 6.92 Å². The van der Waals surface area contributed by atoms with E-state index in [1.54, 1.807) is 23.5 Å². The van der Waals surface area contributed by atoms with Gasteiger partial charge in [-0.3, -0.25) is 19.9 Å². The summed E-state index contributed by atoms with van der Waals surface area (Å²) in [6.45, 7) is 7.09. The molecule has 8 nitrogen and oxygen atoms in total. The number of aromatic nitrogens is 4. The van der Waals surface area contributed by atoms with Gasteiger partial charge in [0.2, 0.25) is 5.91 Å². The first-order valence-corrected chi connectivity index (χ1v) is 9.65. The van der Waals surface area contributed by atoms with E-state index in [-0.39, 0.29) is 24.0 Å². The number of likely N-dealkylation sites (tertiary alicyclic amines) is 1. The van der Waals surface area contributed by atoms with Crippen LogP contribution in [0.15, 0.2) is 18.6 Å². The van der Waals surface area contributed by atoms with Gasteiger partial charge in [0.1, 0.15) is 17.4 Å². The van der Waals surface area contributed by atoms with Crippen molar-refractivity contribution >= 4 is 5.91 Å². The molecular formula is C20H27N7O. The van der Waals surface area contributed by atoms with E-state index in [9.17, 15) is 4.79 Å². The number of carbonyl (C=O) groups is 1. The van der Waals surface area contributed by atoms with E-state index in [0.29, 0.717) is 6.54 Å². The van der Waals surface area contributed by atoms with Crippen LogP contribution >= 0.6 is 0 Å². The average molecular weight is 381 g/mol. The minimum atomic E-state index is -0.277. The lowest BCUT2D eigenvalue weighted by Crippen LogP contribution is -2.47. The van der Waals surface area contributed by atoms with Crippen LogP contribution in [0.2, 0.25) is 0 Å². The second-order valence-electron chi connectivity index (χ2n) is 7.88. The van der Waals surface area contributed by atoms with Crippen molar-refractivity contribution in [1.82, 2.24) is 30.4 Å². The van der Waals surface area contributed by atoms with Crippen molar-refractivity contribution in [1.29, 1.82) is 5.26 Å². The lowest BCUT2D eigenvalue weighted by Gasteiger charge is -2.28. The Morgan fingerprint density at radius 1 is 1.46 bits per heavy atom. The number of hydrogen-bond donors (Lipinski definition) is 2. The Morgan fingerprint density at radius 3 is 3.00 bits per heavy atom. The fourth-order valence-electron chi connectivity index (χ4n) is 3.53. The molecule has 1 aliphatic heterocycles. The van der Waals surface area contributed by atoms with Gasteiger partial charge < -0.3 is 10.2 Å². The molecule has 2 aromatic heterocycles. The molecule has 1 saturated heterocycles. The minimum Gasteiger partial charge on any atom is -0.326 e. The number of rotatable bonds is 7. The van der Waals surface area contributed by atoms with E-state index in [1.165, 1.54) is 0 Å². The smallest absolute Gasteiger partial charge is 0.237 e. The van der Waals surface area contributed by atoms with Crippen LogP contribution in [0, 0.1) is 18.3 Å². The zero-order chi connectivity index (χ0) is 20.1. The van der Waals surface area contributed by atoms with Crippen molar-refractivity contribution in [2.45, 2.75) is 58.0 Å². The number of carbonyl (C=O) groups excluding carboxylic acids is 1. The molecule has 0 bridgehead atoms. The van der Waals surface area contributed by atoms with Crippen LogP contribution in [0.3, 0.4) is 0 Å². The van der Waals surface area contributed by atoms with E-state index in [4.69, 9.17) is 5.26 Å². The Balaban J connectivity index is 1.59. The number of hydrogen-bond acceptors (Lipinski definition) is 6. The summed E-state index contributed by atoms with van der Waals surface area (Å²) in [6.07, 6.45) is 8.32. The van der Waals surface area contributed by atoms with Gasteiger partial charge in [0.15, 0.2) is 0 Å². The largest absolute Gasteiger partial charge is 0.326 e. The van der Waals surface area contributed by atoms with Crippen molar-refractivity contribution in [3.63, 3.8) is 0 Å². The molecule has 2 aromatic rings. The highest BCUT2D eigenvalue weighted by molar-refractivity contribution is 5.79. The maximum atomic E-state index is 12.5. The molecule has 1 fully saturated rings. The van der Waals surface area contributed by atoms with Gasteiger partial charge in [0, 0.05) is 35.7 Å². The molecule has 0 unspecified atom stereocenters. The van der Waals surface area contributed by atoms with Gasteiger partial charge in [-0.15, -0.1) is 0 Å². The predicted octanol–water partition coefficient (Wildman–Crippen LogP) is 1.99. The monoisotopic (exact) mass is 381 g/mol. The highest BCUT2D eigenvalue weighted by atomic mass is 16.2. The third-order valence-electron chi connectivity index (χ3n) is 5.32. The highest BCUT2D eigenvalue weighted by Gasteiger charge is 2.29. The number of nitriles is 1. The second kappa shape index (κ2) is 8.48. The van der Waals surface area contributed by atoms with Crippen LogP contribution in [-0.4, -0.2) is 55.6 Å². The average Bonchev–Trinajstić information content (AvgIpc) is 3.32. The molecule has 3 rings (SSSR count). The molecule has 1 amide bonds. The predicted molar refractivity (Wildman–Crippen MR) is 105 cm³/mol. The van der Waals surface area contributed by atoms with Gasteiger partial charge in [-0.05, 0) is 46.5 Å². The minimum absolute atomic E-state index is 0.00290. The molecule has 148 valence electrons. The molecule has 0 spiro atoms. The Bertz CT molecular complexity index is 853. The Kier molecular flexibility index (Phi) is 6.05. The summed E-state index contributed by atoms with van der Waals surface area (Å²) >= 11 is 0. The molecule has 8 heteroatoms. The van der Waals surface area contributed by atoms with E-state index in [0.717, 1.165) is 48.3 Å². The summed E-state index contributed by atoms with van der Waals surface area (Å²) in [5.74, 6) is -0.00290. The van der Waals surface area contributed by atoms with Crippen molar-refractivity contribution in [2.24, 2.45) is 0 Å². The standard InChI is InChI=1S/C20H27N7O/c1-14-16(19(26-25-14)17-12-22-8-9-23-17)6-7-20(2,3)24-13-18(28)27-10-4-5-15(27)11-21/h8-9,12,15,24H,4-7,10,13H2,1-3H3,(H,25,26)/t15-/m0/s1. The molecule has 0 aliphatic carbocycles. The summed E-state index contributed by atoms with van der Waals surface area (Å²) in [6, 6.07) is 1.94. The van der Waals surface area contributed by atoms with Gasteiger partial charge in [-0.2, -0.15) is 10.4 Å². The molecular weight excluding hydrogens is 354 g/mol. The van der Waals surface area contributed by atoms with Crippen molar-refractivity contribution in [3.8, 4) is 17.5 Å². The molecule has 3 heterocycles. The molecule has 0 saturated carbocycles. The number of nitrogens with one attached hydrogen (secondary N) is 2. The van der Waals surface area contributed by atoms with Crippen LogP contribution in [0.1, 0.15) is 44.4 Å². The lowest BCUT2D eigenvalue weighted by atomic mass is 9.94. The lowest BCUT2D eigenvalue weighted by molar-refractivity contribution is -0.130. The Morgan fingerprint density at radius 2 is 2.29 bits per heavy atom. The Hall–Kier alpha value is -2.79. The van der Waals surface area contributed by atoms with Crippen LogP contribution in [0.4, 0.5) is 0 Å². The van der Waals surface area contributed by atoms with Crippen LogP contribution < -0.4 is 5.32 Å². The van der Waals surface area contributed by atoms with Gasteiger partial charge in [-0.25, -0.2) is 0 Å². The Labute approximate surface area is 165 Å². The quantitative estimate of drug-likeness (QED) is 0.759. The van der Waals surface area contributed by atoms with Crippen molar-refractivity contribution < 1.29 is 4.79 Å². The van der Waals surface area contributed by atoms with Crippen molar-refractivity contribution in [3.05, 3.63) is 29.8 Å². The van der Waals surface area contributed by atoms with E-state index in [2.05, 4.69) is 45.4 Å². The number of amides is 1. The topological polar surface area (TPSA) is 111 Å². The van der Waals surface area contributed by atoms with Gasteiger partial charge in [0.05, 0.1) is 18.8 Å². The first-order valence-electron chi connectivity index (χ1n) is 9.65. The van der Waals surface area contributed by atoms with E-state index < -0.39 is 0 Å². The SMILES string of the molecule is Cc1[nH]nc(-c2cnccn2)c1CCC(C)(C)NCC(=O)N1CCC[C@H]1C#N. The third kappa shape index (κ3) is 4.54. The van der Waals surface area contributed by atoms with Crippen LogP contribution in [0.5, 0.6) is 0 Å². The van der Waals surface area contributed by atoms with Gasteiger partial charge >= 0.3 is 0 Å². The molecule has 1 atom stereocenters. The molecule has 28 heavy (non-hydrogen) atoms. The number of aryl methyl sites for hydroxylation is 1. The maximum absolute atomic E-state index is 12.5. The van der Waals surface area contributed by atoms with E-state index >= 15 is 0 Å². The first kappa shape index (κ1) is 20.0. The fraction of sp³-hybridized carbons (Fsp3) is 0.550. The first-order chi connectivity index (χ1) is 13.4. The highest BCUT2D eigenvalue weighted by Crippen LogP contribution is 2.25. The summed E-state index contributed by atoms with van der Waals surface area (Å²) in [4.78, 5) is 22.6.